The Morgan fingerprint density at radius 3 is 2.90 bits per heavy atom. The lowest BCUT2D eigenvalue weighted by Gasteiger charge is -2.10. The first kappa shape index (κ1) is 13.9. The van der Waals surface area contributed by atoms with E-state index >= 15 is 0 Å². The Balaban J connectivity index is 2.21. The van der Waals surface area contributed by atoms with E-state index < -0.39 is 0 Å². The zero-order valence-electron chi connectivity index (χ0n) is 11.5. The number of anilines is 2. The Bertz CT molecular complexity index is 626. The van der Waals surface area contributed by atoms with Crippen molar-refractivity contribution in [2.45, 2.75) is 13.8 Å². The maximum atomic E-state index is 12.2. The molecule has 0 unspecified atom stereocenters. The maximum Gasteiger partial charge on any atom is 0.255 e. The monoisotopic (exact) mass is 271 g/mol. The molecule has 1 heterocycles. The fourth-order valence-electron chi connectivity index (χ4n) is 1.75. The Hall–Kier alpha value is -2.56. The van der Waals surface area contributed by atoms with Crippen LogP contribution in [0.4, 0.5) is 11.4 Å². The van der Waals surface area contributed by atoms with Gasteiger partial charge in [-0.1, -0.05) is 0 Å². The van der Waals surface area contributed by atoms with Crippen LogP contribution in [0.15, 0.2) is 36.5 Å². The molecule has 0 spiro atoms. The van der Waals surface area contributed by atoms with Gasteiger partial charge in [-0.25, -0.2) is 4.98 Å². The molecule has 0 saturated carbocycles. The van der Waals surface area contributed by atoms with E-state index in [0.29, 0.717) is 29.4 Å². The number of benzene rings is 1. The van der Waals surface area contributed by atoms with Crippen molar-refractivity contribution in [3.8, 4) is 5.88 Å². The van der Waals surface area contributed by atoms with Crippen LogP contribution in [0.3, 0.4) is 0 Å². The second kappa shape index (κ2) is 6.06. The number of aromatic nitrogens is 1. The van der Waals surface area contributed by atoms with E-state index in [4.69, 9.17) is 10.5 Å². The highest BCUT2D eigenvalue weighted by atomic mass is 16.5. The first-order valence-corrected chi connectivity index (χ1v) is 6.37. The standard InChI is InChI=1S/C15H17N3O2/c1-3-20-15-13(5-4-8-17-15)18-14(19)11-6-7-12(16)10(2)9-11/h4-9H,3,16H2,1-2H3,(H,18,19). The Kier molecular flexibility index (Phi) is 4.20. The molecule has 0 aliphatic heterocycles. The van der Waals surface area contributed by atoms with E-state index in [9.17, 15) is 4.79 Å². The number of amides is 1. The van der Waals surface area contributed by atoms with Gasteiger partial charge >= 0.3 is 0 Å². The molecule has 0 bridgehead atoms. The van der Waals surface area contributed by atoms with Crippen molar-refractivity contribution < 1.29 is 9.53 Å². The minimum Gasteiger partial charge on any atom is -0.476 e. The number of nitrogen functional groups attached to an aromatic ring is 1. The molecule has 2 aromatic rings. The van der Waals surface area contributed by atoms with Crippen molar-refractivity contribution in [3.05, 3.63) is 47.7 Å². The fourth-order valence-corrected chi connectivity index (χ4v) is 1.75. The van der Waals surface area contributed by atoms with Crippen LogP contribution < -0.4 is 15.8 Å². The highest BCUT2D eigenvalue weighted by Gasteiger charge is 2.11. The van der Waals surface area contributed by atoms with Crippen LogP contribution in [0.1, 0.15) is 22.8 Å². The lowest BCUT2D eigenvalue weighted by Crippen LogP contribution is -2.13. The van der Waals surface area contributed by atoms with Crippen molar-refractivity contribution >= 4 is 17.3 Å². The number of hydrogen-bond acceptors (Lipinski definition) is 4. The molecule has 0 fully saturated rings. The third-order valence-corrected chi connectivity index (χ3v) is 2.83. The van der Waals surface area contributed by atoms with Crippen molar-refractivity contribution in [1.29, 1.82) is 0 Å². The average molecular weight is 271 g/mol. The second-order valence-electron chi connectivity index (χ2n) is 4.31. The van der Waals surface area contributed by atoms with E-state index in [1.807, 2.05) is 13.8 Å². The predicted octanol–water partition coefficient (Wildman–Crippen LogP) is 2.62. The van der Waals surface area contributed by atoms with Gasteiger partial charge in [-0.3, -0.25) is 4.79 Å². The van der Waals surface area contributed by atoms with Gasteiger partial charge in [0.25, 0.3) is 5.91 Å². The number of carbonyl (C=O) groups is 1. The summed E-state index contributed by atoms with van der Waals surface area (Å²) in [5, 5.41) is 2.79. The molecule has 1 aromatic heterocycles. The molecule has 0 saturated heterocycles. The first-order valence-electron chi connectivity index (χ1n) is 6.37. The number of ether oxygens (including phenoxy) is 1. The molecule has 0 radical (unpaired) electrons. The van der Waals surface area contributed by atoms with Crippen LogP contribution in [-0.4, -0.2) is 17.5 Å². The van der Waals surface area contributed by atoms with E-state index in [1.54, 1.807) is 36.5 Å². The van der Waals surface area contributed by atoms with Crippen molar-refractivity contribution in [1.82, 2.24) is 4.98 Å². The number of rotatable bonds is 4. The van der Waals surface area contributed by atoms with Crippen molar-refractivity contribution in [2.75, 3.05) is 17.7 Å². The van der Waals surface area contributed by atoms with Gasteiger partial charge in [0.05, 0.1) is 6.61 Å². The number of nitrogens with zero attached hydrogens (tertiary/aromatic N) is 1. The summed E-state index contributed by atoms with van der Waals surface area (Å²) in [6, 6.07) is 8.65. The van der Waals surface area contributed by atoms with Gasteiger partial charge in [-0.2, -0.15) is 0 Å². The Morgan fingerprint density at radius 2 is 2.20 bits per heavy atom. The van der Waals surface area contributed by atoms with E-state index in [-0.39, 0.29) is 5.91 Å². The summed E-state index contributed by atoms with van der Waals surface area (Å²) in [5.41, 5.74) is 8.37. The minimum atomic E-state index is -0.220. The molecule has 0 aliphatic carbocycles. The molecule has 5 nitrogen and oxygen atoms in total. The molecule has 3 N–H and O–H groups in total. The van der Waals surface area contributed by atoms with Crippen molar-refractivity contribution in [2.24, 2.45) is 0 Å². The maximum absolute atomic E-state index is 12.2. The molecular weight excluding hydrogens is 254 g/mol. The molecule has 1 aromatic carbocycles. The number of aryl methyl sites for hydroxylation is 1. The summed E-state index contributed by atoms with van der Waals surface area (Å²) >= 11 is 0. The van der Waals surface area contributed by atoms with Gasteiger partial charge in [-0.15, -0.1) is 0 Å². The van der Waals surface area contributed by atoms with E-state index in [0.717, 1.165) is 5.56 Å². The van der Waals surface area contributed by atoms with Crippen LogP contribution in [0, 0.1) is 6.92 Å². The summed E-state index contributed by atoms with van der Waals surface area (Å²) in [4.78, 5) is 16.3. The predicted molar refractivity (Wildman–Crippen MR) is 79.0 cm³/mol. The SMILES string of the molecule is CCOc1ncccc1NC(=O)c1ccc(N)c(C)c1. The molecule has 5 heteroatoms. The van der Waals surface area contributed by atoms with Gasteiger partial charge in [0.2, 0.25) is 5.88 Å². The quantitative estimate of drug-likeness (QED) is 0.838. The van der Waals surface area contributed by atoms with Gasteiger partial charge in [0, 0.05) is 17.4 Å². The van der Waals surface area contributed by atoms with E-state index in [1.165, 1.54) is 0 Å². The van der Waals surface area contributed by atoms with Gasteiger partial charge in [0.1, 0.15) is 5.69 Å². The number of pyridine rings is 1. The largest absolute Gasteiger partial charge is 0.476 e. The second-order valence-corrected chi connectivity index (χ2v) is 4.31. The third-order valence-electron chi connectivity index (χ3n) is 2.83. The summed E-state index contributed by atoms with van der Waals surface area (Å²) < 4.78 is 5.37. The molecular formula is C15H17N3O2. The van der Waals surface area contributed by atoms with Gasteiger partial charge < -0.3 is 15.8 Å². The van der Waals surface area contributed by atoms with Crippen LogP contribution >= 0.6 is 0 Å². The van der Waals surface area contributed by atoms with Crippen LogP contribution in [0.5, 0.6) is 5.88 Å². The molecule has 20 heavy (non-hydrogen) atoms. The zero-order valence-corrected chi connectivity index (χ0v) is 11.5. The zero-order chi connectivity index (χ0) is 14.5. The Morgan fingerprint density at radius 1 is 1.40 bits per heavy atom. The molecule has 1 amide bonds. The average Bonchev–Trinajstić information content (AvgIpc) is 2.44. The number of nitrogens with two attached hydrogens (primary N) is 1. The summed E-state index contributed by atoms with van der Waals surface area (Å²) in [7, 11) is 0. The van der Waals surface area contributed by atoms with Crippen LogP contribution in [-0.2, 0) is 0 Å². The third kappa shape index (κ3) is 3.06. The highest BCUT2D eigenvalue weighted by Crippen LogP contribution is 2.22. The summed E-state index contributed by atoms with van der Waals surface area (Å²) in [6.45, 7) is 4.21. The molecule has 2 rings (SSSR count). The topological polar surface area (TPSA) is 77.2 Å². The van der Waals surface area contributed by atoms with E-state index in [2.05, 4.69) is 10.3 Å². The molecule has 0 atom stereocenters. The number of nitrogens with one attached hydrogen (secondary N) is 1. The summed E-state index contributed by atoms with van der Waals surface area (Å²) in [5.74, 6) is 0.192. The van der Waals surface area contributed by atoms with Crippen LogP contribution in [0.2, 0.25) is 0 Å². The highest BCUT2D eigenvalue weighted by molar-refractivity contribution is 6.05. The smallest absolute Gasteiger partial charge is 0.255 e. The molecule has 104 valence electrons. The Labute approximate surface area is 117 Å². The fraction of sp³-hybridized carbons (Fsp3) is 0.200. The minimum absolute atomic E-state index is 0.220. The van der Waals surface area contributed by atoms with Crippen molar-refractivity contribution in [3.63, 3.8) is 0 Å². The normalized spacial score (nSPS) is 10.1. The molecule has 0 aliphatic rings. The first-order chi connectivity index (χ1) is 9.61. The number of carbonyl (C=O) groups excluding carboxylic acids is 1. The van der Waals surface area contributed by atoms with Gasteiger partial charge in [-0.05, 0) is 49.7 Å². The lowest BCUT2D eigenvalue weighted by atomic mass is 10.1. The number of hydrogen-bond donors (Lipinski definition) is 2. The van der Waals surface area contributed by atoms with Crippen LogP contribution in [0.25, 0.3) is 0 Å². The lowest BCUT2D eigenvalue weighted by molar-refractivity contribution is 0.102. The summed E-state index contributed by atoms with van der Waals surface area (Å²) in [6.07, 6.45) is 1.62. The van der Waals surface area contributed by atoms with Gasteiger partial charge in [0.15, 0.2) is 0 Å².